The van der Waals surface area contributed by atoms with Gasteiger partial charge in [-0.2, -0.15) is 0 Å². The Labute approximate surface area is 91.0 Å². The zero-order valence-corrected chi connectivity index (χ0v) is 9.54. The van der Waals surface area contributed by atoms with Crippen molar-refractivity contribution in [3.8, 4) is 5.75 Å². The summed E-state index contributed by atoms with van der Waals surface area (Å²) in [5.74, 6) is 0.631. The minimum Gasteiger partial charge on any atom is -0.563 e. The lowest BCUT2D eigenvalue weighted by molar-refractivity contribution is 0.585. The first-order valence-corrected chi connectivity index (χ1v) is 6.10. The van der Waals surface area contributed by atoms with Gasteiger partial charge in [-0.3, -0.25) is 0 Å². The molecule has 81 valence electrons. The van der Waals surface area contributed by atoms with Crippen LogP contribution in [-0.2, 0) is 10.0 Å². The van der Waals surface area contributed by atoms with Gasteiger partial charge in [-0.25, -0.2) is 13.1 Å². The molecule has 6 heteroatoms. The van der Waals surface area contributed by atoms with Crippen LogP contribution < -0.4 is 9.38 Å². The fraction of sp³-hybridized carbons (Fsp3) is 0.333. The topological polar surface area (TPSA) is 55.4 Å². The summed E-state index contributed by atoms with van der Waals surface area (Å²) in [7, 11) is -0.317. The molecule has 15 heavy (non-hydrogen) atoms. The lowest BCUT2D eigenvalue weighted by atomic mass is 9.97. The molecule has 1 rings (SSSR count). The van der Waals surface area contributed by atoms with E-state index >= 15 is 0 Å². The van der Waals surface area contributed by atoms with Gasteiger partial charge in [0.2, 0.25) is 10.0 Å². The lowest BCUT2D eigenvalue weighted by Crippen LogP contribution is -2.18. The van der Waals surface area contributed by atoms with Gasteiger partial charge in [0.05, 0.1) is 10.6 Å². The summed E-state index contributed by atoms with van der Waals surface area (Å²) in [4.78, 5) is 0.230. The van der Waals surface area contributed by atoms with Gasteiger partial charge < -0.3 is 4.65 Å². The van der Waals surface area contributed by atoms with Crippen molar-refractivity contribution >= 4 is 17.5 Å². The predicted molar refractivity (Wildman–Crippen MR) is 59.6 cm³/mol. The van der Waals surface area contributed by atoms with E-state index in [-0.39, 0.29) is 4.90 Å². The van der Waals surface area contributed by atoms with Crippen LogP contribution in [0.4, 0.5) is 0 Å². The monoisotopic (exact) mass is 226 g/mol. The maximum atomic E-state index is 11.4. The highest BCUT2D eigenvalue weighted by Crippen LogP contribution is 2.15. The molecular formula is C9H13BNO3S. The molecule has 0 unspecified atom stereocenters. The molecule has 0 fully saturated rings. The molecule has 4 nitrogen and oxygen atoms in total. The second-order valence-electron chi connectivity index (χ2n) is 2.87. The van der Waals surface area contributed by atoms with E-state index < -0.39 is 10.0 Å². The molecule has 1 aromatic rings. The van der Waals surface area contributed by atoms with E-state index in [0.717, 1.165) is 6.32 Å². The zero-order chi connectivity index (χ0) is 11.3. The molecule has 0 atom stereocenters. The molecule has 0 aliphatic rings. The largest absolute Gasteiger partial charge is 0.563 e. The number of benzene rings is 1. The van der Waals surface area contributed by atoms with Crippen molar-refractivity contribution in [2.75, 3.05) is 7.05 Å². The third kappa shape index (κ3) is 3.25. The predicted octanol–water partition coefficient (Wildman–Crippen LogP) is 1.03. The lowest BCUT2D eigenvalue weighted by Gasteiger charge is -2.05. The Balaban J connectivity index is 2.81. The Kier molecular flexibility index (Phi) is 4.17. The Morgan fingerprint density at radius 1 is 1.33 bits per heavy atom. The normalized spacial score (nSPS) is 11.1. The van der Waals surface area contributed by atoms with Crippen molar-refractivity contribution in [1.29, 1.82) is 0 Å². The summed E-state index contributed by atoms with van der Waals surface area (Å²) in [6.07, 6.45) is 0.802. The van der Waals surface area contributed by atoms with E-state index in [0.29, 0.717) is 5.75 Å². The van der Waals surface area contributed by atoms with Crippen LogP contribution in [0, 0.1) is 0 Å². The van der Waals surface area contributed by atoms with Crippen LogP contribution in [0.2, 0.25) is 6.32 Å². The summed E-state index contributed by atoms with van der Waals surface area (Å²) in [6.45, 7) is 1.96. The Morgan fingerprint density at radius 3 is 2.40 bits per heavy atom. The van der Waals surface area contributed by atoms with Crippen molar-refractivity contribution in [2.45, 2.75) is 18.1 Å². The second-order valence-corrected chi connectivity index (χ2v) is 4.76. The molecule has 1 N–H and O–H groups in total. The number of hydrogen-bond acceptors (Lipinski definition) is 3. The molecule has 0 saturated carbocycles. The molecule has 0 aromatic heterocycles. The van der Waals surface area contributed by atoms with E-state index in [1.54, 1.807) is 19.6 Å². The minimum absolute atomic E-state index is 0.230. The molecule has 0 spiro atoms. The molecule has 0 amide bonds. The fourth-order valence-electron chi connectivity index (χ4n) is 0.995. The number of rotatable bonds is 5. The standard InChI is InChI=1S/C9H13BNO3S/c1-3-10-14-8-4-6-9(7-5-8)15(12,13)11-2/h4-7,11H,3H2,1-2H3. The highest BCUT2D eigenvalue weighted by Gasteiger charge is 2.10. The number of nitrogens with one attached hydrogen (secondary N) is 1. The van der Waals surface area contributed by atoms with Gasteiger partial charge in [0.1, 0.15) is 0 Å². The maximum Gasteiger partial charge on any atom is 0.369 e. The average molecular weight is 226 g/mol. The second kappa shape index (κ2) is 5.18. The summed E-state index contributed by atoms with van der Waals surface area (Å²) in [5, 5.41) is 0. The third-order valence-electron chi connectivity index (χ3n) is 1.79. The van der Waals surface area contributed by atoms with Crippen LogP contribution in [0.3, 0.4) is 0 Å². The first-order valence-electron chi connectivity index (χ1n) is 4.62. The number of hydrogen-bond donors (Lipinski definition) is 1. The molecule has 0 saturated heterocycles. The van der Waals surface area contributed by atoms with Gasteiger partial charge >= 0.3 is 7.48 Å². The van der Waals surface area contributed by atoms with E-state index in [2.05, 4.69) is 4.72 Å². The van der Waals surface area contributed by atoms with Crippen molar-refractivity contribution in [3.05, 3.63) is 24.3 Å². The van der Waals surface area contributed by atoms with Crippen LogP contribution in [0.1, 0.15) is 6.92 Å². The smallest absolute Gasteiger partial charge is 0.369 e. The van der Waals surface area contributed by atoms with Crippen molar-refractivity contribution in [1.82, 2.24) is 4.72 Å². The highest BCUT2D eigenvalue weighted by molar-refractivity contribution is 7.89. The highest BCUT2D eigenvalue weighted by atomic mass is 32.2. The van der Waals surface area contributed by atoms with Crippen LogP contribution in [0.15, 0.2) is 29.2 Å². The number of sulfonamides is 1. The molecule has 0 aliphatic carbocycles. The van der Waals surface area contributed by atoms with Gasteiger partial charge in [-0.1, -0.05) is 6.92 Å². The van der Waals surface area contributed by atoms with Gasteiger partial charge in [0.15, 0.2) is 0 Å². The first-order chi connectivity index (χ1) is 7.10. The van der Waals surface area contributed by atoms with E-state index in [1.165, 1.54) is 19.2 Å². The Hall–Kier alpha value is -1.01. The van der Waals surface area contributed by atoms with Crippen molar-refractivity contribution in [3.63, 3.8) is 0 Å². The van der Waals surface area contributed by atoms with E-state index in [4.69, 9.17) is 4.65 Å². The van der Waals surface area contributed by atoms with Crippen LogP contribution in [0.5, 0.6) is 5.75 Å². The summed E-state index contributed by atoms with van der Waals surface area (Å²) in [5.41, 5.74) is 0. The molecule has 0 bridgehead atoms. The molecular weight excluding hydrogens is 213 g/mol. The minimum atomic E-state index is -3.35. The molecule has 0 heterocycles. The van der Waals surface area contributed by atoms with Gasteiger partial charge in [-0.05, 0) is 37.6 Å². The first kappa shape index (κ1) is 12.1. The summed E-state index contributed by atoms with van der Waals surface area (Å²) >= 11 is 0. The summed E-state index contributed by atoms with van der Waals surface area (Å²) in [6, 6.07) is 6.25. The Morgan fingerprint density at radius 2 is 1.93 bits per heavy atom. The average Bonchev–Trinajstić information content (AvgIpc) is 2.27. The molecule has 0 aliphatic heterocycles. The zero-order valence-electron chi connectivity index (χ0n) is 8.73. The van der Waals surface area contributed by atoms with Crippen LogP contribution in [-0.4, -0.2) is 22.9 Å². The van der Waals surface area contributed by atoms with Crippen LogP contribution in [0.25, 0.3) is 0 Å². The van der Waals surface area contributed by atoms with Crippen molar-refractivity contribution < 1.29 is 13.1 Å². The Bertz CT molecular complexity index is 402. The van der Waals surface area contributed by atoms with Crippen molar-refractivity contribution in [2.24, 2.45) is 0 Å². The maximum absolute atomic E-state index is 11.4. The quantitative estimate of drug-likeness (QED) is 0.763. The van der Waals surface area contributed by atoms with E-state index in [1.807, 2.05) is 6.92 Å². The van der Waals surface area contributed by atoms with Gasteiger partial charge in [0.25, 0.3) is 0 Å². The fourth-order valence-corrected chi connectivity index (χ4v) is 1.72. The van der Waals surface area contributed by atoms with Gasteiger partial charge in [-0.15, -0.1) is 0 Å². The SMILES string of the molecule is CC[B]Oc1ccc(S(=O)(=O)NC)cc1. The summed E-state index contributed by atoms with van der Waals surface area (Å²) < 4.78 is 30.2. The van der Waals surface area contributed by atoms with E-state index in [9.17, 15) is 8.42 Å². The third-order valence-corrected chi connectivity index (χ3v) is 3.22. The molecule has 1 radical (unpaired) electrons. The van der Waals surface area contributed by atoms with Gasteiger partial charge in [0, 0.05) is 0 Å². The molecule has 1 aromatic carbocycles. The van der Waals surface area contributed by atoms with Crippen LogP contribution >= 0.6 is 0 Å².